The first-order valence-corrected chi connectivity index (χ1v) is 11.2. The molecule has 3 aromatic carbocycles. The van der Waals surface area contributed by atoms with Gasteiger partial charge < -0.3 is 14.8 Å². The molecule has 8 nitrogen and oxygen atoms in total. The van der Waals surface area contributed by atoms with Gasteiger partial charge in [0.05, 0.1) is 19.1 Å². The Balaban J connectivity index is 1.81. The summed E-state index contributed by atoms with van der Waals surface area (Å²) in [5.74, 6) is -0.662. The molecule has 0 aromatic heterocycles. The predicted molar refractivity (Wildman–Crippen MR) is 119 cm³/mol. The van der Waals surface area contributed by atoms with Gasteiger partial charge in [0.25, 0.3) is 0 Å². The maximum absolute atomic E-state index is 12.4. The summed E-state index contributed by atoms with van der Waals surface area (Å²) >= 11 is 6.07. The lowest BCUT2D eigenvalue weighted by Crippen LogP contribution is -2.17. The van der Waals surface area contributed by atoms with Crippen LogP contribution in [0.5, 0.6) is 11.5 Å². The Bertz CT molecular complexity index is 1260. The molecule has 0 spiro atoms. The fourth-order valence-electron chi connectivity index (χ4n) is 2.82. The van der Waals surface area contributed by atoms with Crippen LogP contribution in [0, 0.1) is 0 Å². The number of benzene rings is 3. The fraction of sp³-hybridized carbons (Fsp3) is 0.0909. The minimum absolute atomic E-state index is 0.00910. The standard InChI is InChI=1S/C22H19ClN2O6S/c1-30-22(27)14-6-9-17(10-7-14)31-19-11-8-16(13-20(19)32(24,28)29)25-21(26)12-15-4-2-3-5-18(15)23/h2-11,13H,12H2,1H3,(H,25,26)(H2,24,28,29). The van der Waals surface area contributed by atoms with Crippen molar-refractivity contribution in [3.8, 4) is 11.5 Å². The van der Waals surface area contributed by atoms with Crippen LogP contribution < -0.4 is 15.2 Å². The molecule has 0 fully saturated rings. The number of carbonyl (C=O) groups excluding carboxylic acids is 2. The molecule has 0 aliphatic heterocycles. The van der Waals surface area contributed by atoms with E-state index in [0.29, 0.717) is 16.1 Å². The summed E-state index contributed by atoms with van der Waals surface area (Å²) in [5.41, 5.74) is 1.16. The van der Waals surface area contributed by atoms with Crippen LogP contribution in [0.25, 0.3) is 0 Å². The molecule has 0 radical (unpaired) electrons. The molecule has 0 atom stereocenters. The number of anilines is 1. The van der Waals surface area contributed by atoms with E-state index in [0.717, 1.165) is 0 Å². The summed E-state index contributed by atoms with van der Waals surface area (Å²) in [7, 11) is -2.91. The van der Waals surface area contributed by atoms with E-state index in [1.54, 1.807) is 24.3 Å². The number of primary sulfonamides is 1. The zero-order valence-electron chi connectivity index (χ0n) is 16.9. The van der Waals surface area contributed by atoms with Gasteiger partial charge in [-0.05, 0) is 54.1 Å². The molecule has 0 saturated heterocycles. The van der Waals surface area contributed by atoms with Crippen molar-refractivity contribution in [2.24, 2.45) is 5.14 Å². The van der Waals surface area contributed by atoms with E-state index < -0.39 is 16.0 Å². The highest BCUT2D eigenvalue weighted by atomic mass is 35.5. The Morgan fingerprint density at radius 2 is 1.72 bits per heavy atom. The average molecular weight is 475 g/mol. The molecule has 3 aromatic rings. The average Bonchev–Trinajstić information content (AvgIpc) is 2.75. The highest BCUT2D eigenvalue weighted by Crippen LogP contribution is 2.31. The quantitative estimate of drug-likeness (QED) is 0.502. The maximum atomic E-state index is 12.4. The molecular weight excluding hydrogens is 456 g/mol. The number of methoxy groups -OCH3 is 1. The minimum Gasteiger partial charge on any atom is -0.465 e. The van der Waals surface area contributed by atoms with Gasteiger partial charge in [-0.25, -0.2) is 18.4 Å². The number of amides is 1. The van der Waals surface area contributed by atoms with Gasteiger partial charge in [0.15, 0.2) is 0 Å². The Labute approximate surface area is 190 Å². The summed E-state index contributed by atoms with van der Waals surface area (Å²) in [6.45, 7) is 0. The van der Waals surface area contributed by atoms with E-state index in [1.165, 1.54) is 49.6 Å². The third kappa shape index (κ3) is 5.85. The number of rotatable bonds is 7. The fourth-order valence-corrected chi connectivity index (χ4v) is 3.70. The second-order valence-electron chi connectivity index (χ2n) is 6.64. The van der Waals surface area contributed by atoms with Crippen LogP contribution in [-0.2, 0) is 26.0 Å². The van der Waals surface area contributed by atoms with Gasteiger partial charge in [0.1, 0.15) is 16.4 Å². The van der Waals surface area contributed by atoms with Crippen molar-refractivity contribution in [2.75, 3.05) is 12.4 Å². The lowest BCUT2D eigenvalue weighted by atomic mass is 10.1. The van der Waals surface area contributed by atoms with Crippen molar-refractivity contribution in [1.82, 2.24) is 0 Å². The van der Waals surface area contributed by atoms with Crippen LogP contribution in [0.3, 0.4) is 0 Å². The highest BCUT2D eigenvalue weighted by Gasteiger charge is 2.18. The molecule has 0 heterocycles. The number of sulfonamides is 1. The molecule has 1 amide bonds. The maximum Gasteiger partial charge on any atom is 0.337 e. The molecule has 166 valence electrons. The number of hydrogen-bond acceptors (Lipinski definition) is 6. The lowest BCUT2D eigenvalue weighted by Gasteiger charge is -2.13. The topological polar surface area (TPSA) is 125 Å². The first-order valence-electron chi connectivity index (χ1n) is 9.23. The van der Waals surface area contributed by atoms with Crippen molar-refractivity contribution < 1.29 is 27.5 Å². The van der Waals surface area contributed by atoms with Gasteiger partial charge in [-0.2, -0.15) is 0 Å². The van der Waals surface area contributed by atoms with Crippen molar-refractivity contribution in [2.45, 2.75) is 11.3 Å². The normalized spacial score (nSPS) is 11.0. The molecule has 3 N–H and O–H groups in total. The number of esters is 1. The Hall–Kier alpha value is -3.40. The highest BCUT2D eigenvalue weighted by molar-refractivity contribution is 7.89. The summed E-state index contributed by atoms with van der Waals surface area (Å²) < 4.78 is 34.5. The Morgan fingerprint density at radius 1 is 1.03 bits per heavy atom. The van der Waals surface area contributed by atoms with Gasteiger partial charge in [0, 0.05) is 10.7 Å². The first-order chi connectivity index (χ1) is 15.2. The molecule has 0 aliphatic rings. The lowest BCUT2D eigenvalue weighted by molar-refractivity contribution is -0.115. The van der Waals surface area contributed by atoms with E-state index in [4.69, 9.17) is 21.5 Å². The smallest absolute Gasteiger partial charge is 0.337 e. The van der Waals surface area contributed by atoms with Crippen LogP contribution >= 0.6 is 11.6 Å². The number of hydrogen-bond donors (Lipinski definition) is 2. The third-order valence-corrected chi connectivity index (χ3v) is 5.65. The third-order valence-electron chi connectivity index (χ3n) is 4.35. The molecular formula is C22H19ClN2O6S. The number of carbonyl (C=O) groups is 2. The molecule has 10 heteroatoms. The minimum atomic E-state index is -4.17. The van der Waals surface area contributed by atoms with Crippen LogP contribution in [0.15, 0.2) is 71.6 Å². The van der Waals surface area contributed by atoms with Crippen molar-refractivity contribution in [1.29, 1.82) is 0 Å². The van der Waals surface area contributed by atoms with E-state index in [1.807, 2.05) is 0 Å². The van der Waals surface area contributed by atoms with E-state index in [9.17, 15) is 18.0 Å². The molecule has 0 unspecified atom stereocenters. The van der Waals surface area contributed by atoms with Crippen molar-refractivity contribution >= 4 is 39.2 Å². The van der Waals surface area contributed by atoms with Gasteiger partial charge in [-0.15, -0.1) is 0 Å². The molecule has 32 heavy (non-hydrogen) atoms. The number of nitrogens with two attached hydrogens (primary N) is 1. The SMILES string of the molecule is COC(=O)c1ccc(Oc2ccc(NC(=O)Cc3ccccc3Cl)cc2S(N)(=O)=O)cc1. The van der Waals surface area contributed by atoms with E-state index >= 15 is 0 Å². The zero-order chi connectivity index (χ0) is 23.3. The number of ether oxygens (including phenoxy) is 2. The van der Waals surface area contributed by atoms with Crippen molar-refractivity contribution in [3.05, 3.63) is 82.9 Å². The predicted octanol–water partition coefficient (Wildman–Crippen LogP) is 3.75. The van der Waals surface area contributed by atoms with Crippen LogP contribution in [0.2, 0.25) is 5.02 Å². The monoisotopic (exact) mass is 474 g/mol. The molecule has 0 bridgehead atoms. The summed E-state index contributed by atoms with van der Waals surface area (Å²) in [6, 6.07) is 16.9. The van der Waals surface area contributed by atoms with E-state index in [2.05, 4.69) is 10.1 Å². The van der Waals surface area contributed by atoms with Crippen LogP contribution in [0.1, 0.15) is 15.9 Å². The van der Waals surface area contributed by atoms with Gasteiger partial charge in [0.2, 0.25) is 15.9 Å². The first kappa shape index (κ1) is 23.3. The van der Waals surface area contributed by atoms with Crippen LogP contribution in [-0.4, -0.2) is 27.4 Å². The Kier molecular flexibility index (Phi) is 7.14. The number of nitrogens with one attached hydrogen (secondary N) is 1. The number of halogens is 1. The van der Waals surface area contributed by atoms with Crippen molar-refractivity contribution in [3.63, 3.8) is 0 Å². The largest absolute Gasteiger partial charge is 0.465 e. The van der Waals surface area contributed by atoms with Gasteiger partial charge in [-0.1, -0.05) is 29.8 Å². The van der Waals surface area contributed by atoms with Crippen LogP contribution in [0.4, 0.5) is 5.69 Å². The van der Waals surface area contributed by atoms with E-state index in [-0.39, 0.29) is 34.4 Å². The molecule has 3 rings (SSSR count). The summed E-state index contributed by atoms with van der Waals surface area (Å²) in [5, 5.41) is 8.41. The Morgan fingerprint density at radius 3 is 2.34 bits per heavy atom. The van der Waals surface area contributed by atoms with Gasteiger partial charge in [-0.3, -0.25) is 4.79 Å². The second-order valence-corrected chi connectivity index (χ2v) is 8.58. The summed E-state index contributed by atoms with van der Waals surface area (Å²) in [6.07, 6.45) is 0.00910. The second kappa shape index (κ2) is 9.82. The van der Waals surface area contributed by atoms with Gasteiger partial charge >= 0.3 is 5.97 Å². The zero-order valence-corrected chi connectivity index (χ0v) is 18.4. The molecule has 0 saturated carbocycles. The summed E-state index contributed by atoms with van der Waals surface area (Å²) in [4.78, 5) is 23.6. The molecule has 0 aliphatic carbocycles.